The fourth-order valence-electron chi connectivity index (χ4n) is 3.77. The lowest BCUT2D eigenvalue weighted by molar-refractivity contribution is -0.386. The van der Waals surface area contributed by atoms with E-state index in [1.165, 1.54) is 6.33 Å². The van der Waals surface area contributed by atoms with Crippen LogP contribution in [0.5, 0.6) is 0 Å². The monoisotopic (exact) mass is 399 g/mol. The van der Waals surface area contributed by atoms with Crippen LogP contribution in [0.1, 0.15) is 38.0 Å². The number of nitro groups is 1. The van der Waals surface area contributed by atoms with Crippen LogP contribution in [0.25, 0.3) is 0 Å². The van der Waals surface area contributed by atoms with Gasteiger partial charge in [-0.05, 0) is 57.3 Å². The van der Waals surface area contributed by atoms with Crippen LogP contribution in [0.3, 0.4) is 0 Å². The second-order valence-electron chi connectivity index (χ2n) is 6.92. The molecule has 1 atom stereocenters. The zero-order chi connectivity index (χ0) is 20.6. The molecule has 0 aliphatic carbocycles. The molecule has 1 aliphatic heterocycles. The molecule has 2 aromatic rings. The molecule has 9 nitrogen and oxygen atoms in total. The number of carbonyl (C=O) groups is 1. The number of para-hydroxylation sites is 1. The molecule has 1 aromatic heterocycles. The van der Waals surface area contributed by atoms with Gasteiger partial charge in [0.05, 0.1) is 4.92 Å². The summed E-state index contributed by atoms with van der Waals surface area (Å²) < 4.78 is 5.28. The average Bonchev–Trinajstić information content (AvgIpc) is 2.75. The van der Waals surface area contributed by atoms with E-state index < -0.39 is 11.0 Å². The zero-order valence-corrected chi connectivity index (χ0v) is 16.4. The molecule has 0 radical (unpaired) electrons. The second kappa shape index (κ2) is 9.92. The highest BCUT2D eigenvalue weighted by Crippen LogP contribution is 2.39. The Morgan fingerprint density at radius 3 is 2.66 bits per heavy atom. The van der Waals surface area contributed by atoms with Gasteiger partial charge >= 0.3 is 5.69 Å². The van der Waals surface area contributed by atoms with Crippen molar-refractivity contribution in [2.75, 3.05) is 24.5 Å². The lowest BCUT2D eigenvalue weighted by Gasteiger charge is -2.27. The third-order valence-electron chi connectivity index (χ3n) is 5.18. The van der Waals surface area contributed by atoms with Crippen LogP contribution < -0.4 is 10.2 Å². The Morgan fingerprint density at radius 1 is 1.31 bits per heavy atom. The number of carbonyl (C=O) groups excluding carboxylic acids is 1. The first-order valence-corrected chi connectivity index (χ1v) is 9.77. The molecule has 29 heavy (non-hydrogen) atoms. The van der Waals surface area contributed by atoms with Crippen LogP contribution in [0.4, 0.5) is 17.2 Å². The van der Waals surface area contributed by atoms with Gasteiger partial charge in [-0.3, -0.25) is 14.9 Å². The minimum Gasteiger partial charge on any atom is -0.458 e. The first kappa shape index (κ1) is 20.7. The molecule has 1 unspecified atom stereocenters. The van der Waals surface area contributed by atoms with E-state index in [0.29, 0.717) is 25.4 Å². The summed E-state index contributed by atoms with van der Waals surface area (Å²) in [5, 5.41) is 15.3. The van der Waals surface area contributed by atoms with Gasteiger partial charge in [0, 0.05) is 12.2 Å². The second-order valence-corrected chi connectivity index (χ2v) is 6.92. The van der Waals surface area contributed by atoms with Gasteiger partial charge in [-0.2, -0.15) is 0 Å². The summed E-state index contributed by atoms with van der Waals surface area (Å²) in [4.78, 5) is 32.9. The van der Waals surface area contributed by atoms with E-state index in [1.54, 1.807) is 4.90 Å². The SMILES string of the molecule is CCN(c1ccccc1)c1ncnc(C(CC2CCNCC2)OC=O)c1[N+](=O)[O-]. The van der Waals surface area contributed by atoms with Crippen LogP contribution >= 0.6 is 0 Å². The van der Waals surface area contributed by atoms with Crippen molar-refractivity contribution in [1.82, 2.24) is 15.3 Å². The minimum absolute atomic E-state index is 0.139. The largest absolute Gasteiger partial charge is 0.458 e. The Morgan fingerprint density at radius 2 is 2.03 bits per heavy atom. The minimum atomic E-state index is -0.785. The molecule has 2 heterocycles. The smallest absolute Gasteiger partial charge is 0.337 e. The number of ether oxygens (including phenoxy) is 1. The number of anilines is 2. The highest BCUT2D eigenvalue weighted by Gasteiger charge is 2.34. The van der Waals surface area contributed by atoms with E-state index in [4.69, 9.17) is 4.74 Å². The first-order valence-electron chi connectivity index (χ1n) is 9.77. The van der Waals surface area contributed by atoms with Crippen LogP contribution in [-0.4, -0.2) is 41.0 Å². The number of hydrogen-bond acceptors (Lipinski definition) is 8. The van der Waals surface area contributed by atoms with E-state index in [2.05, 4.69) is 15.3 Å². The molecule has 1 aromatic carbocycles. The Hall–Kier alpha value is -3.07. The lowest BCUT2D eigenvalue weighted by atomic mass is 9.90. The van der Waals surface area contributed by atoms with Crippen molar-refractivity contribution in [3.05, 3.63) is 52.5 Å². The van der Waals surface area contributed by atoms with E-state index in [1.807, 2.05) is 37.3 Å². The Bertz CT molecular complexity index is 827. The van der Waals surface area contributed by atoms with Gasteiger partial charge in [-0.1, -0.05) is 18.2 Å². The molecular formula is C20H25N5O4. The summed E-state index contributed by atoms with van der Waals surface area (Å²) in [7, 11) is 0. The molecule has 3 rings (SSSR count). The normalized spacial score (nSPS) is 15.5. The number of nitrogens with zero attached hydrogens (tertiary/aromatic N) is 4. The van der Waals surface area contributed by atoms with E-state index in [9.17, 15) is 14.9 Å². The summed E-state index contributed by atoms with van der Waals surface area (Å²) >= 11 is 0. The molecular weight excluding hydrogens is 374 g/mol. The number of benzene rings is 1. The predicted octanol–water partition coefficient (Wildman–Crippen LogP) is 3.15. The quantitative estimate of drug-likeness (QED) is 0.389. The summed E-state index contributed by atoms with van der Waals surface area (Å²) in [5.41, 5.74) is 0.702. The molecule has 1 aliphatic rings. The number of piperidine rings is 1. The van der Waals surface area contributed by atoms with Gasteiger partial charge in [0.1, 0.15) is 6.33 Å². The molecule has 0 bridgehead atoms. The number of rotatable bonds is 9. The lowest BCUT2D eigenvalue weighted by Crippen LogP contribution is -2.29. The van der Waals surface area contributed by atoms with Crippen molar-refractivity contribution in [3.63, 3.8) is 0 Å². The van der Waals surface area contributed by atoms with Gasteiger partial charge in [0.25, 0.3) is 6.47 Å². The summed E-state index contributed by atoms with van der Waals surface area (Å²) in [6.07, 6.45) is 2.86. The summed E-state index contributed by atoms with van der Waals surface area (Å²) in [6.45, 7) is 4.48. The molecule has 1 fully saturated rings. The molecule has 9 heteroatoms. The Labute approximate surface area is 169 Å². The zero-order valence-electron chi connectivity index (χ0n) is 16.4. The molecule has 154 valence electrons. The fraction of sp³-hybridized carbons (Fsp3) is 0.450. The molecule has 0 amide bonds. The van der Waals surface area contributed by atoms with Crippen molar-refractivity contribution in [2.45, 2.75) is 32.3 Å². The van der Waals surface area contributed by atoms with E-state index in [-0.39, 0.29) is 17.2 Å². The van der Waals surface area contributed by atoms with Gasteiger partial charge in [-0.15, -0.1) is 0 Å². The number of aromatic nitrogens is 2. The van der Waals surface area contributed by atoms with Crippen molar-refractivity contribution in [3.8, 4) is 0 Å². The highest BCUT2D eigenvalue weighted by atomic mass is 16.6. The van der Waals surface area contributed by atoms with Gasteiger partial charge in [0.2, 0.25) is 5.82 Å². The van der Waals surface area contributed by atoms with Gasteiger partial charge in [0.15, 0.2) is 11.8 Å². The maximum atomic E-state index is 12.0. The summed E-state index contributed by atoms with van der Waals surface area (Å²) in [5.74, 6) is 0.495. The number of hydrogen-bond donors (Lipinski definition) is 1. The van der Waals surface area contributed by atoms with E-state index in [0.717, 1.165) is 31.6 Å². The standard InChI is InChI=1S/C20H25N5O4/c1-2-24(16-6-4-3-5-7-16)20-19(25(27)28)18(22-13-23-20)17(29-14-26)12-15-8-10-21-11-9-15/h3-7,13-15,17,21H,2,8-12H2,1H3. The summed E-state index contributed by atoms with van der Waals surface area (Å²) in [6, 6.07) is 9.33. The first-order chi connectivity index (χ1) is 14.2. The fourth-order valence-corrected chi connectivity index (χ4v) is 3.77. The predicted molar refractivity (Wildman–Crippen MR) is 108 cm³/mol. The van der Waals surface area contributed by atoms with Crippen LogP contribution in [0, 0.1) is 16.0 Å². The highest BCUT2D eigenvalue weighted by molar-refractivity contribution is 5.69. The van der Waals surface area contributed by atoms with Crippen molar-refractivity contribution in [1.29, 1.82) is 0 Å². The van der Waals surface area contributed by atoms with Crippen LogP contribution in [-0.2, 0) is 9.53 Å². The maximum Gasteiger partial charge on any atom is 0.337 e. The van der Waals surface area contributed by atoms with Gasteiger partial charge in [-0.25, -0.2) is 9.97 Å². The van der Waals surface area contributed by atoms with Crippen molar-refractivity contribution in [2.24, 2.45) is 5.92 Å². The average molecular weight is 399 g/mol. The Kier molecular flexibility index (Phi) is 7.07. The van der Waals surface area contributed by atoms with Crippen LogP contribution in [0.15, 0.2) is 36.7 Å². The third kappa shape index (κ3) is 4.86. The number of nitrogens with one attached hydrogen (secondary N) is 1. The van der Waals surface area contributed by atoms with Gasteiger partial charge < -0.3 is 15.0 Å². The maximum absolute atomic E-state index is 12.0. The Balaban J connectivity index is 2.02. The molecule has 1 N–H and O–H groups in total. The topological polar surface area (TPSA) is 110 Å². The molecule has 1 saturated heterocycles. The molecule has 0 saturated carbocycles. The van der Waals surface area contributed by atoms with E-state index >= 15 is 0 Å². The molecule has 0 spiro atoms. The van der Waals surface area contributed by atoms with Crippen molar-refractivity contribution >= 4 is 23.7 Å². The van der Waals surface area contributed by atoms with Crippen molar-refractivity contribution < 1.29 is 14.5 Å². The van der Waals surface area contributed by atoms with Crippen LogP contribution in [0.2, 0.25) is 0 Å². The third-order valence-corrected chi connectivity index (χ3v) is 5.18.